The Kier molecular flexibility index (Phi) is 3.61. The van der Waals surface area contributed by atoms with Gasteiger partial charge in [-0.2, -0.15) is 0 Å². The molecule has 4 unspecified atom stereocenters. The Hall–Kier alpha value is -0.760. The van der Waals surface area contributed by atoms with E-state index in [0.717, 1.165) is 12.8 Å². The summed E-state index contributed by atoms with van der Waals surface area (Å²) in [5.74, 6) is 0.0929. The normalized spacial score (nSPS) is 42.2. The van der Waals surface area contributed by atoms with Crippen molar-refractivity contribution >= 4 is 15.4 Å². The highest BCUT2D eigenvalue weighted by molar-refractivity contribution is 7.09. The molecule has 3 saturated heterocycles. The van der Waals surface area contributed by atoms with Gasteiger partial charge in [0, 0.05) is 21.9 Å². The molecule has 0 aromatic carbocycles. The summed E-state index contributed by atoms with van der Waals surface area (Å²) in [4.78, 5) is 16.3. The minimum Gasteiger partial charge on any atom is -0.363 e. The van der Waals surface area contributed by atoms with Gasteiger partial charge in [0.2, 0.25) is 5.91 Å². The summed E-state index contributed by atoms with van der Waals surface area (Å²) in [5, 5.41) is 9.89. The van der Waals surface area contributed by atoms with Crippen LogP contribution in [0, 0.1) is 0 Å². The molecule has 0 aliphatic carbocycles. The number of hydrogen-bond donors (Lipinski definition) is 3. The first-order chi connectivity index (χ1) is 10.3. The van der Waals surface area contributed by atoms with Crippen molar-refractivity contribution in [1.82, 2.24) is 25.8 Å². The van der Waals surface area contributed by atoms with Crippen LogP contribution in [0.1, 0.15) is 12.8 Å². The second kappa shape index (κ2) is 5.46. The molecule has 116 valence electrons. The molecule has 4 heterocycles. The zero-order valence-electron chi connectivity index (χ0n) is 11.6. The van der Waals surface area contributed by atoms with Gasteiger partial charge < -0.3 is 14.6 Å². The third-order valence-corrected chi connectivity index (χ3v) is 4.71. The van der Waals surface area contributed by atoms with Crippen LogP contribution in [0.5, 0.6) is 0 Å². The molecule has 4 aliphatic heterocycles. The summed E-state index contributed by atoms with van der Waals surface area (Å²) in [6.45, 7) is 1.24. The van der Waals surface area contributed by atoms with Crippen LogP contribution in [0.4, 0.5) is 0 Å². The number of carbonyl (C=O) groups is 1. The lowest BCUT2D eigenvalue weighted by atomic mass is 10.1. The smallest absolute Gasteiger partial charge is 0.249 e. The van der Waals surface area contributed by atoms with E-state index in [2.05, 4.69) is 30.3 Å². The second-order valence-corrected chi connectivity index (χ2v) is 6.05. The predicted octanol–water partition coefficient (Wildman–Crippen LogP) is -1.35. The van der Waals surface area contributed by atoms with Gasteiger partial charge in [-0.05, 0) is 12.8 Å². The quantitative estimate of drug-likeness (QED) is 0.556. The third-order valence-electron chi connectivity index (χ3n) is 4.52. The number of hydrogen-bond acceptors (Lipinski definition) is 7. The SMILES string of the molecule is O=C1C2NCN([C@H]3CC[C@@H](COP)O3)C2NC2NC=CN12. The van der Waals surface area contributed by atoms with Crippen molar-refractivity contribution in [3.8, 4) is 0 Å². The molecule has 0 radical (unpaired) electrons. The Labute approximate surface area is 125 Å². The minimum absolute atomic E-state index is 0.0267. The van der Waals surface area contributed by atoms with E-state index in [1.807, 2.05) is 0 Å². The fourth-order valence-corrected chi connectivity index (χ4v) is 3.71. The summed E-state index contributed by atoms with van der Waals surface area (Å²) in [6, 6.07) is -0.230. The Bertz CT molecular complexity index is 464. The molecule has 9 heteroatoms. The lowest BCUT2D eigenvalue weighted by Gasteiger charge is -2.40. The molecule has 0 spiro atoms. The molecule has 8 nitrogen and oxygen atoms in total. The molecule has 0 saturated carbocycles. The fraction of sp³-hybridized carbons (Fsp3) is 0.750. The average Bonchev–Trinajstić information content (AvgIpc) is 3.17. The Morgan fingerprint density at radius 1 is 1.48 bits per heavy atom. The minimum atomic E-state index is -0.230. The summed E-state index contributed by atoms with van der Waals surface area (Å²) < 4.78 is 11.1. The lowest BCUT2D eigenvalue weighted by Crippen LogP contribution is -2.69. The Morgan fingerprint density at radius 2 is 2.38 bits per heavy atom. The number of carbonyl (C=O) groups excluding carboxylic acids is 1. The van der Waals surface area contributed by atoms with E-state index in [4.69, 9.17) is 9.26 Å². The number of rotatable bonds is 3. The van der Waals surface area contributed by atoms with Gasteiger partial charge in [0.1, 0.15) is 12.3 Å². The summed E-state index contributed by atoms with van der Waals surface area (Å²) in [7, 11) is 2.26. The highest BCUT2D eigenvalue weighted by Gasteiger charge is 2.50. The van der Waals surface area contributed by atoms with Crippen molar-refractivity contribution < 1.29 is 14.1 Å². The van der Waals surface area contributed by atoms with E-state index < -0.39 is 0 Å². The molecule has 21 heavy (non-hydrogen) atoms. The van der Waals surface area contributed by atoms with Crippen molar-refractivity contribution in [1.29, 1.82) is 0 Å². The van der Waals surface area contributed by atoms with Gasteiger partial charge in [-0.15, -0.1) is 0 Å². The van der Waals surface area contributed by atoms with Crippen molar-refractivity contribution in [2.75, 3.05) is 13.3 Å². The zero-order valence-corrected chi connectivity index (χ0v) is 12.7. The van der Waals surface area contributed by atoms with Gasteiger partial charge in [0.05, 0.1) is 25.5 Å². The van der Waals surface area contributed by atoms with Crippen LogP contribution in [0.3, 0.4) is 0 Å². The van der Waals surface area contributed by atoms with Crippen LogP contribution in [-0.4, -0.2) is 59.8 Å². The van der Waals surface area contributed by atoms with E-state index in [1.165, 1.54) is 0 Å². The van der Waals surface area contributed by atoms with Crippen LogP contribution >= 0.6 is 9.47 Å². The van der Waals surface area contributed by atoms with Crippen molar-refractivity contribution in [2.24, 2.45) is 0 Å². The predicted molar refractivity (Wildman–Crippen MR) is 77.0 cm³/mol. The van der Waals surface area contributed by atoms with Gasteiger partial charge in [-0.1, -0.05) is 0 Å². The lowest BCUT2D eigenvalue weighted by molar-refractivity contribution is -0.141. The van der Waals surface area contributed by atoms with Crippen LogP contribution in [0.25, 0.3) is 0 Å². The maximum Gasteiger partial charge on any atom is 0.249 e. The summed E-state index contributed by atoms with van der Waals surface area (Å²) in [5.41, 5.74) is 0. The molecule has 1 amide bonds. The number of fused-ring (bicyclic) bond motifs is 2. The molecule has 3 N–H and O–H groups in total. The van der Waals surface area contributed by atoms with Gasteiger partial charge in [0.15, 0.2) is 6.29 Å². The Balaban J connectivity index is 1.46. The van der Waals surface area contributed by atoms with Gasteiger partial charge >= 0.3 is 0 Å². The number of amides is 1. The molecule has 4 rings (SSSR count). The van der Waals surface area contributed by atoms with Crippen LogP contribution in [-0.2, 0) is 14.1 Å². The standard InChI is InChI=1S/C12H20N5O3P/c18-11-9-10(15-12-13-3-4-16(11)12)17(6-14-9)8-2-1-7(20-8)5-19-21/h3-4,7-10,12-15H,1-2,5-6,21H2/t7-,8+,9?,10?,12?/m0/s1. The molecule has 3 fully saturated rings. The average molecular weight is 313 g/mol. The van der Waals surface area contributed by atoms with Crippen molar-refractivity contribution in [3.05, 3.63) is 12.4 Å². The summed E-state index contributed by atoms with van der Waals surface area (Å²) >= 11 is 0. The van der Waals surface area contributed by atoms with Gasteiger partial charge in [0.25, 0.3) is 0 Å². The first kappa shape index (κ1) is 13.9. The molecule has 0 aromatic heterocycles. The molecule has 0 bridgehead atoms. The van der Waals surface area contributed by atoms with Crippen LogP contribution < -0.4 is 16.0 Å². The topological polar surface area (TPSA) is 78.1 Å². The zero-order chi connectivity index (χ0) is 14.4. The third kappa shape index (κ3) is 2.27. The molecule has 0 aromatic rings. The first-order valence-electron chi connectivity index (χ1n) is 7.25. The summed E-state index contributed by atoms with van der Waals surface area (Å²) in [6.07, 6.45) is 5.46. The van der Waals surface area contributed by atoms with E-state index in [-0.39, 0.29) is 36.7 Å². The number of nitrogens with zero attached hydrogens (tertiary/aromatic N) is 2. The highest BCUT2D eigenvalue weighted by atomic mass is 31.0. The number of nitrogens with one attached hydrogen (secondary N) is 3. The van der Waals surface area contributed by atoms with Crippen LogP contribution in [0.15, 0.2) is 12.4 Å². The maximum atomic E-state index is 12.5. The first-order valence-corrected chi connectivity index (χ1v) is 7.72. The molecule has 4 aliphatic rings. The molecule has 6 atom stereocenters. The van der Waals surface area contributed by atoms with Gasteiger partial charge in [-0.25, -0.2) is 4.90 Å². The van der Waals surface area contributed by atoms with Crippen LogP contribution in [0.2, 0.25) is 0 Å². The maximum absolute atomic E-state index is 12.5. The van der Waals surface area contributed by atoms with Crippen molar-refractivity contribution in [2.45, 2.75) is 43.7 Å². The Morgan fingerprint density at radius 3 is 3.24 bits per heavy atom. The van der Waals surface area contributed by atoms with E-state index in [0.29, 0.717) is 13.3 Å². The molecular formula is C12H20N5O3P. The monoisotopic (exact) mass is 313 g/mol. The van der Waals surface area contributed by atoms with E-state index in [9.17, 15) is 4.79 Å². The van der Waals surface area contributed by atoms with E-state index in [1.54, 1.807) is 17.3 Å². The largest absolute Gasteiger partial charge is 0.363 e. The highest BCUT2D eigenvalue weighted by Crippen LogP contribution is 2.29. The second-order valence-electron chi connectivity index (χ2n) is 5.72. The van der Waals surface area contributed by atoms with Gasteiger partial charge in [-0.3, -0.25) is 20.3 Å². The number of ether oxygens (including phenoxy) is 1. The van der Waals surface area contributed by atoms with Crippen molar-refractivity contribution in [3.63, 3.8) is 0 Å². The van der Waals surface area contributed by atoms with E-state index >= 15 is 0 Å². The molecular weight excluding hydrogens is 293 g/mol. The fourth-order valence-electron chi connectivity index (χ4n) is 3.49.